The molecule has 0 bridgehead atoms. The average molecular weight is 363 g/mol. The molecule has 4 nitrogen and oxygen atoms in total. The van der Waals surface area contributed by atoms with E-state index in [0.717, 1.165) is 30.2 Å². The topological polar surface area (TPSA) is 33.1 Å². The molecule has 23 heavy (non-hydrogen) atoms. The average Bonchev–Trinajstić information content (AvgIpc) is 2.97. The van der Waals surface area contributed by atoms with Gasteiger partial charge in [0.1, 0.15) is 0 Å². The molecule has 0 spiro atoms. The van der Waals surface area contributed by atoms with Crippen LogP contribution in [0.5, 0.6) is 0 Å². The van der Waals surface area contributed by atoms with Crippen molar-refractivity contribution in [2.24, 2.45) is 0 Å². The zero-order chi connectivity index (χ0) is 15.5. The SMILES string of the molecule is Cl.FC(F)n1ccc(CN2CCNCC2c2ccccc2Cl)n1. The smallest absolute Gasteiger partial charge is 0.314 e. The third kappa shape index (κ3) is 4.20. The van der Waals surface area contributed by atoms with Crippen LogP contribution >= 0.6 is 24.0 Å². The van der Waals surface area contributed by atoms with Gasteiger partial charge in [-0.2, -0.15) is 13.9 Å². The van der Waals surface area contributed by atoms with Gasteiger partial charge < -0.3 is 5.32 Å². The molecule has 1 aliphatic rings. The monoisotopic (exact) mass is 362 g/mol. The molecule has 2 heterocycles. The van der Waals surface area contributed by atoms with Gasteiger partial charge in [0.25, 0.3) is 0 Å². The van der Waals surface area contributed by atoms with Gasteiger partial charge in [0.15, 0.2) is 0 Å². The summed E-state index contributed by atoms with van der Waals surface area (Å²) in [5, 5.41) is 8.00. The van der Waals surface area contributed by atoms with Gasteiger partial charge in [0.05, 0.1) is 5.69 Å². The van der Waals surface area contributed by atoms with Crippen LogP contribution in [0.4, 0.5) is 8.78 Å². The Balaban J connectivity index is 0.00000192. The van der Waals surface area contributed by atoms with Crippen LogP contribution in [0.2, 0.25) is 5.02 Å². The second-order valence-corrected chi connectivity index (χ2v) is 5.68. The fraction of sp³-hybridized carbons (Fsp3) is 0.400. The molecular weight excluding hydrogens is 345 g/mol. The first-order valence-corrected chi connectivity index (χ1v) is 7.54. The molecule has 1 atom stereocenters. The number of halogens is 4. The molecule has 1 fully saturated rings. The van der Waals surface area contributed by atoms with Gasteiger partial charge in [-0.3, -0.25) is 4.90 Å². The number of hydrogen-bond acceptors (Lipinski definition) is 3. The molecule has 0 amide bonds. The van der Waals surface area contributed by atoms with E-state index in [1.165, 1.54) is 6.20 Å². The minimum atomic E-state index is -2.60. The fourth-order valence-corrected chi connectivity index (χ4v) is 3.03. The first kappa shape index (κ1) is 18.1. The summed E-state index contributed by atoms with van der Waals surface area (Å²) in [6.45, 7) is 0.376. The standard InChI is InChI=1S/C15H17ClF2N4.ClH/c16-13-4-2-1-3-12(13)14-9-19-6-8-21(14)10-11-5-7-22(20-11)15(17)18;/h1-5,7,14-15,19H,6,8-10H2;1H. The maximum Gasteiger partial charge on any atom is 0.333 e. The number of hydrogen-bond donors (Lipinski definition) is 1. The van der Waals surface area contributed by atoms with Crippen molar-refractivity contribution in [3.05, 3.63) is 52.8 Å². The summed E-state index contributed by atoms with van der Waals surface area (Å²) in [5.74, 6) is 0. The van der Waals surface area contributed by atoms with Gasteiger partial charge >= 0.3 is 6.55 Å². The van der Waals surface area contributed by atoms with E-state index in [9.17, 15) is 8.78 Å². The van der Waals surface area contributed by atoms with Crippen LogP contribution in [0.1, 0.15) is 23.8 Å². The Morgan fingerprint density at radius 3 is 2.78 bits per heavy atom. The third-order valence-electron chi connectivity index (χ3n) is 3.85. The number of benzene rings is 1. The number of nitrogens with one attached hydrogen (secondary N) is 1. The Morgan fingerprint density at radius 2 is 2.09 bits per heavy atom. The van der Waals surface area contributed by atoms with Crippen LogP contribution in [-0.4, -0.2) is 34.3 Å². The highest BCUT2D eigenvalue weighted by Gasteiger charge is 2.26. The van der Waals surface area contributed by atoms with Gasteiger partial charge in [-0.05, 0) is 17.7 Å². The number of alkyl halides is 2. The zero-order valence-electron chi connectivity index (χ0n) is 12.3. The molecule has 1 aliphatic heterocycles. The maximum absolute atomic E-state index is 12.6. The summed E-state index contributed by atoms with van der Waals surface area (Å²) >= 11 is 6.30. The minimum Gasteiger partial charge on any atom is -0.314 e. The summed E-state index contributed by atoms with van der Waals surface area (Å²) in [4.78, 5) is 2.22. The Bertz CT molecular complexity index is 635. The molecule has 1 N–H and O–H groups in total. The summed E-state index contributed by atoms with van der Waals surface area (Å²) in [5.41, 5.74) is 1.68. The second kappa shape index (κ2) is 8.06. The Morgan fingerprint density at radius 1 is 1.30 bits per heavy atom. The van der Waals surface area contributed by atoms with Crippen LogP contribution in [0.25, 0.3) is 0 Å². The molecule has 0 aliphatic carbocycles. The lowest BCUT2D eigenvalue weighted by molar-refractivity contribution is 0.0554. The van der Waals surface area contributed by atoms with Gasteiger partial charge in [-0.15, -0.1) is 12.4 Å². The van der Waals surface area contributed by atoms with Crippen LogP contribution in [0.3, 0.4) is 0 Å². The first-order valence-electron chi connectivity index (χ1n) is 7.16. The third-order valence-corrected chi connectivity index (χ3v) is 4.19. The van der Waals surface area contributed by atoms with Crippen molar-refractivity contribution in [3.8, 4) is 0 Å². The quantitative estimate of drug-likeness (QED) is 0.903. The van der Waals surface area contributed by atoms with Gasteiger partial charge in [0.2, 0.25) is 0 Å². The Labute approximate surface area is 144 Å². The van der Waals surface area contributed by atoms with Crippen molar-refractivity contribution < 1.29 is 8.78 Å². The predicted octanol–water partition coefficient (Wildman–Crippen LogP) is 3.50. The second-order valence-electron chi connectivity index (χ2n) is 5.28. The lowest BCUT2D eigenvalue weighted by atomic mass is 10.0. The van der Waals surface area contributed by atoms with Gasteiger partial charge in [0, 0.05) is 43.4 Å². The highest BCUT2D eigenvalue weighted by Crippen LogP contribution is 2.29. The van der Waals surface area contributed by atoms with Crippen molar-refractivity contribution in [1.82, 2.24) is 20.0 Å². The van der Waals surface area contributed by atoms with Crippen molar-refractivity contribution in [2.75, 3.05) is 19.6 Å². The van der Waals surface area contributed by atoms with E-state index in [-0.39, 0.29) is 18.4 Å². The summed E-state index contributed by atoms with van der Waals surface area (Å²) in [7, 11) is 0. The number of piperazine rings is 1. The molecule has 0 saturated carbocycles. The van der Waals surface area contributed by atoms with Crippen molar-refractivity contribution >= 4 is 24.0 Å². The Kier molecular flexibility index (Phi) is 6.35. The van der Waals surface area contributed by atoms with Crippen molar-refractivity contribution in [2.45, 2.75) is 19.1 Å². The van der Waals surface area contributed by atoms with E-state index in [0.29, 0.717) is 16.9 Å². The van der Waals surface area contributed by atoms with E-state index in [1.807, 2.05) is 24.3 Å². The van der Waals surface area contributed by atoms with E-state index in [1.54, 1.807) is 6.07 Å². The van der Waals surface area contributed by atoms with Crippen LogP contribution in [0.15, 0.2) is 36.5 Å². The van der Waals surface area contributed by atoms with Gasteiger partial charge in [-0.25, -0.2) is 4.68 Å². The van der Waals surface area contributed by atoms with Crippen molar-refractivity contribution in [1.29, 1.82) is 0 Å². The highest BCUT2D eigenvalue weighted by molar-refractivity contribution is 6.31. The van der Waals surface area contributed by atoms with Crippen LogP contribution in [0, 0.1) is 0 Å². The molecule has 8 heteroatoms. The molecule has 1 unspecified atom stereocenters. The number of aromatic nitrogens is 2. The molecule has 126 valence electrons. The number of rotatable bonds is 4. The first-order chi connectivity index (χ1) is 10.6. The number of nitrogens with zero attached hydrogens (tertiary/aromatic N) is 3. The molecule has 0 radical (unpaired) electrons. The summed E-state index contributed by atoms with van der Waals surface area (Å²) < 4.78 is 25.9. The fourth-order valence-electron chi connectivity index (χ4n) is 2.77. The maximum atomic E-state index is 12.6. The normalized spacial score (nSPS) is 18.9. The van der Waals surface area contributed by atoms with E-state index in [4.69, 9.17) is 11.6 Å². The Hall–Kier alpha value is -1.21. The van der Waals surface area contributed by atoms with Gasteiger partial charge in [-0.1, -0.05) is 29.8 Å². The van der Waals surface area contributed by atoms with Crippen molar-refractivity contribution in [3.63, 3.8) is 0 Å². The molecule has 1 aromatic carbocycles. The van der Waals surface area contributed by atoms with E-state index < -0.39 is 6.55 Å². The summed E-state index contributed by atoms with van der Waals surface area (Å²) in [6, 6.07) is 9.48. The highest BCUT2D eigenvalue weighted by atomic mass is 35.5. The molecule has 3 rings (SSSR count). The van der Waals surface area contributed by atoms with E-state index >= 15 is 0 Å². The van der Waals surface area contributed by atoms with Crippen LogP contribution in [-0.2, 0) is 6.54 Å². The largest absolute Gasteiger partial charge is 0.333 e. The lowest BCUT2D eigenvalue weighted by Gasteiger charge is -2.36. The minimum absolute atomic E-state index is 0. The summed E-state index contributed by atoms with van der Waals surface area (Å²) in [6.07, 6.45) is 1.31. The molecule has 1 aromatic heterocycles. The lowest BCUT2D eigenvalue weighted by Crippen LogP contribution is -2.45. The molecular formula is C15H18Cl2F2N4. The molecule has 2 aromatic rings. The van der Waals surface area contributed by atoms with E-state index in [2.05, 4.69) is 15.3 Å². The zero-order valence-corrected chi connectivity index (χ0v) is 13.9. The van der Waals surface area contributed by atoms with Crippen LogP contribution < -0.4 is 5.32 Å². The molecule has 1 saturated heterocycles. The predicted molar refractivity (Wildman–Crippen MR) is 88.2 cm³/mol.